The van der Waals surface area contributed by atoms with Gasteiger partial charge in [-0.05, 0) is 58.2 Å². The first-order chi connectivity index (χ1) is 15.0. The molecule has 0 aliphatic carbocycles. The molecule has 7 nitrogen and oxygen atoms in total. The van der Waals surface area contributed by atoms with Crippen molar-refractivity contribution in [3.8, 4) is 11.5 Å². The summed E-state index contributed by atoms with van der Waals surface area (Å²) in [4.78, 5) is 14.1. The van der Waals surface area contributed by atoms with Gasteiger partial charge in [0.05, 0.1) is 37.1 Å². The second kappa shape index (κ2) is 11.8. The molecule has 1 N–H and O–H groups in total. The van der Waals surface area contributed by atoms with E-state index in [0.717, 1.165) is 18.7 Å². The van der Waals surface area contributed by atoms with Crippen LogP contribution in [0.15, 0.2) is 46.0 Å². The van der Waals surface area contributed by atoms with Crippen molar-refractivity contribution < 1.29 is 23.4 Å². The van der Waals surface area contributed by atoms with E-state index in [1.165, 1.54) is 12.1 Å². The number of carbonyl (C=O) groups is 1. The Morgan fingerprint density at radius 3 is 2.84 bits per heavy atom. The van der Waals surface area contributed by atoms with Gasteiger partial charge in [-0.2, -0.15) is 5.10 Å². The average Bonchev–Trinajstić information content (AvgIpc) is 2.74. The molecule has 0 saturated carbocycles. The van der Waals surface area contributed by atoms with Crippen molar-refractivity contribution in [1.29, 1.82) is 0 Å². The molecule has 2 aromatic carbocycles. The predicted molar refractivity (Wildman–Crippen MR) is 119 cm³/mol. The zero-order valence-electron chi connectivity index (χ0n) is 17.3. The van der Waals surface area contributed by atoms with Gasteiger partial charge in [0, 0.05) is 13.1 Å². The average molecular weight is 494 g/mol. The molecule has 1 fully saturated rings. The lowest BCUT2D eigenvalue weighted by Crippen LogP contribution is -2.42. The lowest BCUT2D eigenvalue weighted by atomic mass is 10.2. The first-order valence-electron chi connectivity index (χ1n) is 10.0. The van der Waals surface area contributed by atoms with Crippen LogP contribution in [0.3, 0.4) is 0 Å². The highest BCUT2D eigenvalue weighted by Gasteiger charge is 2.14. The van der Waals surface area contributed by atoms with Crippen molar-refractivity contribution in [3.05, 3.63) is 57.8 Å². The summed E-state index contributed by atoms with van der Waals surface area (Å²) < 4.78 is 30.9. The zero-order chi connectivity index (χ0) is 22.1. The fourth-order valence-corrected chi connectivity index (χ4v) is 3.60. The molecule has 2 aromatic rings. The molecule has 166 valence electrons. The van der Waals surface area contributed by atoms with E-state index in [1.54, 1.807) is 30.5 Å². The normalized spacial score (nSPS) is 14.5. The van der Waals surface area contributed by atoms with E-state index in [-0.39, 0.29) is 24.9 Å². The number of morpholine rings is 1. The molecule has 0 aromatic heterocycles. The second-order valence-electron chi connectivity index (χ2n) is 6.86. The van der Waals surface area contributed by atoms with Gasteiger partial charge in [0.25, 0.3) is 5.91 Å². The molecular formula is C22H25BrFN3O4. The van der Waals surface area contributed by atoms with Gasteiger partial charge >= 0.3 is 0 Å². The van der Waals surface area contributed by atoms with Crippen LogP contribution in [0.25, 0.3) is 0 Å². The molecule has 0 spiro atoms. The maximum atomic E-state index is 13.4. The maximum Gasteiger partial charge on any atom is 0.254 e. The van der Waals surface area contributed by atoms with E-state index in [1.807, 2.05) is 11.8 Å². The Hall–Kier alpha value is -2.49. The highest BCUT2D eigenvalue weighted by atomic mass is 79.9. The van der Waals surface area contributed by atoms with E-state index < -0.39 is 0 Å². The number of nitrogens with zero attached hydrogens (tertiary/aromatic N) is 2. The fourth-order valence-electron chi connectivity index (χ4n) is 3.02. The van der Waals surface area contributed by atoms with Gasteiger partial charge in [0.15, 0.2) is 11.5 Å². The number of hydrogen-bond donors (Lipinski definition) is 1. The minimum absolute atomic E-state index is 0.183. The van der Waals surface area contributed by atoms with Crippen LogP contribution in [-0.2, 0) is 16.1 Å². The van der Waals surface area contributed by atoms with Crippen LogP contribution >= 0.6 is 15.9 Å². The summed E-state index contributed by atoms with van der Waals surface area (Å²) in [6.07, 6.45) is 1.54. The summed E-state index contributed by atoms with van der Waals surface area (Å²) in [6.45, 7) is 5.54. The minimum atomic E-state index is -0.313. The monoisotopic (exact) mass is 493 g/mol. The third-order valence-electron chi connectivity index (χ3n) is 4.48. The van der Waals surface area contributed by atoms with E-state index in [2.05, 4.69) is 26.5 Å². The molecule has 0 atom stereocenters. The van der Waals surface area contributed by atoms with Gasteiger partial charge in [0.2, 0.25) is 0 Å². The summed E-state index contributed by atoms with van der Waals surface area (Å²) in [5.74, 6) is 0.540. The van der Waals surface area contributed by atoms with Gasteiger partial charge in [-0.1, -0.05) is 12.1 Å². The molecular weight excluding hydrogens is 469 g/mol. The Kier molecular flexibility index (Phi) is 8.81. The van der Waals surface area contributed by atoms with E-state index in [4.69, 9.17) is 14.2 Å². The molecule has 1 saturated heterocycles. The Morgan fingerprint density at radius 1 is 1.29 bits per heavy atom. The third kappa shape index (κ3) is 7.30. The Balaban J connectivity index is 1.63. The SMILES string of the molecule is CCOc1cc(/C=N/NC(=O)CN2CCOCC2)cc(Br)c1OCc1cccc(F)c1. The first kappa shape index (κ1) is 23.2. The third-order valence-corrected chi connectivity index (χ3v) is 5.07. The van der Waals surface area contributed by atoms with Crippen molar-refractivity contribution in [2.75, 3.05) is 39.5 Å². The van der Waals surface area contributed by atoms with Gasteiger partial charge < -0.3 is 14.2 Å². The van der Waals surface area contributed by atoms with Crippen molar-refractivity contribution in [2.24, 2.45) is 5.10 Å². The molecule has 1 aliphatic heterocycles. The smallest absolute Gasteiger partial charge is 0.254 e. The van der Waals surface area contributed by atoms with E-state index in [0.29, 0.717) is 41.4 Å². The van der Waals surface area contributed by atoms with Crippen LogP contribution in [0.4, 0.5) is 4.39 Å². The number of benzene rings is 2. The number of rotatable bonds is 9. The quantitative estimate of drug-likeness (QED) is 0.428. The lowest BCUT2D eigenvalue weighted by molar-refractivity contribution is -0.123. The number of hydrogen-bond acceptors (Lipinski definition) is 6. The molecule has 9 heteroatoms. The highest BCUT2D eigenvalue weighted by molar-refractivity contribution is 9.10. The first-order valence-corrected chi connectivity index (χ1v) is 10.8. The summed E-state index contributed by atoms with van der Waals surface area (Å²) in [6, 6.07) is 9.82. The van der Waals surface area contributed by atoms with Crippen LogP contribution in [0.2, 0.25) is 0 Å². The maximum absolute atomic E-state index is 13.4. The largest absolute Gasteiger partial charge is 0.490 e. The van der Waals surface area contributed by atoms with Crippen LogP contribution in [0.5, 0.6) is 11.5 Å². The molecule has 31 heavy (non-hydrogen) atoms. The Bertz CT molecular complexity index is 920. The van der Waals surface area contributed by atoms with Crippen molar-refractivity contribution >= 4 is 28.1 Å². The summed E-state index contributed by atoms with van der Waals surface area (Å²) >= 11 is 3.50. The molecule has 0 radical (unpaired) electrons. The van der Waals surface area contributed by atoms with Crippen LogP contribution in [0.1, 0.15) is 18.1 Å². The number of nitrogens with one attached hydrogen (secondary N) is 1. The number of ether oxygens (including phenoxy) is 3. The molecule has 3 rings (SSSR count). The van der Waals surface area contributed by atoms with Crippen LogP contribution in [-0.4, -0.2) is 56.5 Å². The minimum Gasteiger partial charge on any atom is -0.490 e. The highest BCUT2D eigenvalue weighted by Crippen LogP contribution is 2.37. The molecule has 0 unspecified atom stereocenters. The van der Waals surface area contributed by atoms with Crippen molar-refractivity contribution in [3.63, 3.8) is 0 Å². The molecule has 1 heterocycles. The van der Waals surface area contributed by atoms with Gasteiger partial charge in [-0.15, -0.1) is 0 Å². The van der Waals surface area contributed by atoms with E-state index >= 15 is 0 Å². The lowest BCUT2D eigenvalue weighted by Gasteiger charge is -2.25. The summed E-state index contributed by atoms with van der Waals surface area (Å²) in [7, 11) is 0. The number of amides is 1. The van der Waals surface area contributed by atoms with E-state index in [9.17, 15) is 9.18 Å². The Morgan fingerprint density at radius 2 is 2.10 bits per heavy atom. The Labute approximate surface area is 189 Å². The van der Waals surface area contributed by atoms with Gasteiger partial charge in [-0.25, -0.2) is 9.82 Å². The predicted octanol–water partition coefficient (Wildman–Crippen LogP) is 3.35. The summed E-state index contributed by atoms with van der Waals surface area (Å²) in [5, 5.41) is 4.04. The zero-order valence-corrected chi connectivity index (χ0v) is 18.9. The van der Waals surface area contributed by atoms with Crippen LogP contribution < -0.4 is 14.9 Å². The number of hydrazone groups is 1. The standard InChI is InChI=1S/C22H25BrFN3O4/c1-2-30-20-12-17(13-25-26-21(28)14-27-6-8-29-9-7-27)11-19(23)22(20)31-15-16-4-3-5-18(24)10-16/h3-5,10-13H,2,6-9,14-15H2,1H3,(H,26,28)/b25-13+. The topological polar surface area (TPSA) is 72.4 Å². The van der Waals surface area contributed by atoms with Crippen molar-refractivity contribution in [2.45, 2.75) is 13.5 Å². The summed E-state index contributed by atoms with van der Waals surface area (Å²) in [5.41, 5.74) is 3.97. The molecule has 1 aliphatic rings. The number of carbonyl (C=O) groups excluding carboxylic acids is 1. The van der Waals surface area contributed by atoms with Crippen LogP contribution in [0, 0.1) is 5.82 Å². The van der Waals surface area contributed by atoms with Gasteiger partial charge in [0.1, 0.15) is 12.4 Å². The van der Waals surface area contributed by atoms with Crippen molar-refractivity contribution in [1.82, 2.24) is 10.3 Å². The fraction of sp³-hybridized carbons (Fsp3) is 0.364. The molecule has 1 amide bonds. The molecule has 0 bridgehead atoms. The number of halogens is 2. The van der Waals surface area contributed by atoms with Gasteiger partial charge in [-0.3, -0.25) is 9.69 Å². The second-order valence-corrected chi connectivity index (χ2v) is 7.72.